The summed E-state index contributed by atoms with van der Waals surface area (Å²) in [4.78, 5) is 24.3. The van der Waals surface area contributed by atoms with Crippen LogP contribution in [0.25, 0.3) is 0 Å². The molecule has 180 valence electrons. The van der Waals surface area contributed by atoms with E-state index in [-0.39, 0.29) is 35.4 Å². The third kappa shape index (κ3) is 5.65. The van der Waals surface area contributed by atoms with Crippen LogP contribution in [0.1, 0.15) is 67.8 Å². The van der Waals surface area contributed by atoms with E-state index in [0.717, 1.165) is 25.7 Å². The van der Waals surface area contributed by atoms with Gasteiger partial charge < -0.3 is 21.1 Å². The van der Waals surface area contributed by atoms with Gasteiger partial charge in [0.15, 0.2) is 5.82 Å². The first-order chi connectivity index (χ1) is 16.4. The van der Waals surface area contributed by atoms with Crippen LogP contribution in [0.3, 0.4) is 0 Å². The average Bonchev–Trinajstić information content (AvgIpc) is 3.25. The second-order valence-electron chi connectivity index (χ2n) is 8.99. The SMILES string of the molecule is N#C[C@H]1C[C@@H](OC(=O)NC2CCCCC2)CC[C@@H]1n1cc(C(N)=O)c(Nc2ccc(F)cc2)n1. The summed E-state index contributed by atoms with van der Waals surface area (Å²) in [6.07, 6.45) is 7.63. The molecule has 0 saturated heterocycles. The van der Waals surface area contributed by atoms with Gasteiger partial charge in [-0.1, -0.05) is 19.3 Å². The van der Waals surface area contributed by atoms with Gasteiger partial charge in [0.05, 0.1) is 18.0 Å². The van der Waals surface area contributed by atoms with E-state index >= 15 is 0 Å². The van der Waals surface area contributed by atoms with E-state index in [2.05, 4.69) is 21.8 Å². The number of nitrogens with one attached hydrogen (secondary N) is 2. The highest BCUT2D eigenvalue weighted by atomic mass is 19.1. The second-order valence-corrected chi connectivity index (χ2v) is 8.99. The van der Waals surface area contributed by atoms with Crippen molar-refractivity contribution >= 4 is 23.5 Å². The minimum atomic E-state index is -0.666. The highest BCUT2D eigenvalue weighted by Gasteiger charge is 2.35. The molecule has 4 N–H and O–H groups in total. The second kappa shape index (κ2) is 10.5. The van der Waals surface area contributed by atoms with Crippen LogP contribution in [0.15, 0.2) is 30.5 Å². The van der Waals surface area contributed by atoms with Gasteiger partial charge in [0.25, 0.3) is 5.91 Å². The van der Waals surface area contributed by atoms with Crippen molar-refractivity contribution in [3.05, 3.63) is 41.8 Å². The van der Waals surface area contributed by atoms with Crippen molar-refractivity contribution in [1.82, 2.24) is 15.1 Å². The zero-order chi connectivity index (χ0) is 24.1. The van der Waals surface area contributed by atoms with Gasteiger partial charge in [0.2, 0.25) is 0 Å². The molecule has 1 aromatic carbocycles. The third-order valence-corrected chi connectivity index (χ3v) is 6.58. The lowest BCUT2D eigenvalue weighted by atomic mass is 9.83. The van der Waals surface area contributed by atoms with E-state index in [9.17, 15) is 19.2 Å². The summed E-state index contributed by atoms with van der Waals surface area (Å²) in [7, 11) is 0. The molecule has 0 aliphatic heterocycles. The van der Waals surface area contributed by atoms with Crippen molar-refractivity contribution in [2.75, 3.05) is 5.32 Å². The minimum absolute atomic E-state index is 0.160. The van der Waals surface area contributed by atoms with Crippen LogP contribution < -0.4 is 16.4 Å². The number of nitrogens with zero attached hydrogens (tertiary/aromatic N) is 3. The number of carbonyl (C=O) groups excluding carboxylic acids is 2. The molecule has 2 aliphatic carbocycles. The number of nitriles is 1. The van der Waals surface area contributed by atoms with E-state index in [1.54, 1.807) is 4.68 Å². The first-order valence-corrected chi connectivity index (χ1v) is 11.7. The molecule has 2 aromatic rings. The normalized spacial score (nSPS) is 23.0. The Morgan fingerprint density at radius 1 is 1.15 bits per heavy atom. The number of halogens is 1. The van der Waals surface area contributed by atoms with Crippen LogP contribution in [0.4, 0.5) is 20.7 Å². The maximum atomic E-state index is 13.2. The van der Waals surface area contributed by atoms with Gasteiger partial charge in [-0.2, -0.15) is 10.4 Å². The Morgan fingerprint density at radius 2 is 1.88 bits per heavy atom. The quantitative estimate of drug-likeness (QED) is 0.583. The number of aromatic nitrogens is 2. The van der Waals surface area contributed by atoms with Gasteiger partial charge in [-0.25, -0.2) is 9.18 Å². The van der Waals surface area contributed by atoms with Crippen LogP contribution in [-0.2, 0) is 4.74 Å². The highest BCUT2D eigenvalue weighted by molar-refractivity contribution is 5.98. The number of nitrogens with two attached hydrogens (primary N) is 1. The number of alkyl carbamates (subject to hydrolysis) is 1. The maximum absolute atomic E-state index is 13.2. The number of anilines is 2. The first-order valence-electron chi connectivity index (χ1n) is 11.7. The predicted molar refractivity (Wildman–Crippen MR) is 123 cm³/mol. The number of carbonyl (C=O) groups is 2. The molecule has 34 heavy (non-hydrogen) atoms. The Hall–Kier alpha value is -3.61. The minimum Gasteiger partial charge on any atom is -0.446 e. The monoisotopic (exact) mass is 468 g/mol. The van der Waals surface area contributed by atoms with E-state index < -0.39 is 17.9 Å². The molecule has 0 bridgehead atoms. The lowest BCUT2D eigenvalue weighted by molar-refractivity contribution is 0.0488. The van der Waals surface area contributed by atoms with Gasteiger partial charge in [0, 0.05) is 24.3 Å². The first kappa shape index (κ1) is 23.5. The fourth-order valence-corrected chi connectivity index (χ4v) is 4.78. The smallest absolute Gasteiger partial charge is 0.407 e. The van der Waals surface area contributed by atoms with Crippen molar-refractivity contribution in [3.8, 4) is 6.07 Å². The number of hydrogen-bond donors (Lipinski definition) is 3. The van der Waals surface area contributed by atoms with Gasteiger partial charge in [-0.15, -0.1) is 0 Å². The number of ether oxygens (including phenoxy) is 1. The molecule has 2 amide bonds. The largest absolute Gasteiger partial charge is 0.446 e. The van der Waals surface area contributed by atoms with E-state index in [1.165, 1.54) is 36.9 Å². The predicted octanol–water partition coefficient (Wildman–Crippen LogP) is 4.16. The molecule has 2 aliphatic rings. The Morgan fingerprint density at radius 3 is 2.56 bits per heavy atom. The number of rotatable bonds is 6. The van der Waals surface area contributed by atoms with Gasteiger partial charge in [0.1, 0.15) is 17.5 Å². The van der Waals surface area contributed by atoms with E-state index in [4.69, 9.17) is 10.5 Å². The summed E-state index contributed by atoms with van der Waals surface area (Å²) in [5.41, 5.74) is 6.25. The van der Waals surface area contributed by atoms with Crippen molar-refractivity contribution < 1.29 is 18.7 Å². The Labute approximate surface area is 197 Å². The molecule has 0 unspecified atom stereocenters. The molecular weight excluding hydrogens is 439 g/mol. The van der Waals surface area contributed by atoms with Crippen molar-refractivity contribution in [3.63, 3.8) is 0 Å². The fourth-order valence-electron chi connectivity index (χ4n) is 4.78. The van der Waals surface area contributed by atoms with Gasteiger partial charge in [-0.05, 0) is 49.9 Å². The number of benzene rings is 1. The van der Waals surface area contributed by atoms with Crippen LogP contribution in [0, 0.1) is 23.1 Å². The molecule has 0 radical (unpaired) electrons. The number of hydrogen-bond acceptors (Lipinski definition) is 6. The van der Waals surface area contributed by atoms with Crippen molar-refractivity contribution in [2.24, 2.45) is 11.7 Å². The van der Waals surface area contributed by atoms with Crippen LogP contribution in [-0.4, -0.2) is 33.9 Å². The summed E-state index contributed by atoms with van der Waals surface area (Å²) in [5.74, 6) is -1.27. The Bertz CT molecular complexity index is 1060. The van der Waals surface area contributed by atoms with E-state index in [0.29, 0.717) is 24.9 Å². The lowest BCUT2D eigenvalue weighted by Crippen LogP contribution is -2.40. The third-order valence-electron chi connectivity index (χ3n) is 6.58. The summed E-state index contributed by atoms with van der Waals surface area (Å²) in [5, 5.41) is 20.2. The molecule has 3 atom stereocenters. The topological polar surface area (TPSA) is 135 Å². The highest BCUT2D eigenvalue weighted by Crippen LogP contribution is 2.36. The molecular formula is C24H29FN6O3. The lowest BCUT2D eigenvalue weighted by Gasteiger charge is -2.32. The molecule has 4 rings (SSSR count). The standard InChI is InChI=1S/C24H29FN6O3/c25-16-6-8-18(9-7-16)28-23-20(22(27)32)14-31(30-23)21-11-10-19(12-15(21)13-26)34-24(33)29-17-4-2-1-3-5-17/h6-9,14-15,17,19,21H,1-5,10-12H2,(H2,27,32)(H,28,30)(H,29,33)/t15-,19+,21+/m1/s1. The Balaban J connectivity index is 1.42. The summed E-state index contributed by atoms with van der Waals surface area (Å²) in [6, 6.07) is 7.80. The molecule has 1 heterocycles. The number of amides is 2. The molecule has 10 heteroatoms. The van der Waals surface area contributed by atoms with Crippen LogP contribution in [0.5, 0.6) is 0 Å². The molecule has 9 nitrogen and oxygen atoms in total. The Kier molecular flexibility index (Phi) is 7.30. The summed E-state index contributed by atoms with van der Waals surface area (Å²) in [6.45, 7) is 0. The fraction of sp³-hybridized carbons (Fsp3) is 0.500. The van der Waals surface area contributed by atoms with E-state index in [1.807, 2.05) is 0 Å². The zero-order valence-electron chi connectivity index (χ0n) is 18.9. The van der Waals surface area contributed by atoms with Crippen molar-refractivity contribution in [1.29, 1.82) is 5.26 Å². The molecule has 1 aromatic heterocycles. The van der Waals surface area contributed by atoms with Crippen LogP contribution >= 0.6 is 0 Å². The molecule has 0 spiro atoms. The number of primary amides is 1. The molecule has 2 fully saturated rings. The zero-order valence-corrected chi connectivity index (χ0v) is 18.9. The van der Waals surface area contributed by atoms with Gasteiger partial charge in [-0.3, -0.25) is 9.48 Å². The summed E-state index contributed by atoms with van der Waals surface area (Å²) >= 11 is 0. The van der Waals surface area contributed by atoms with Gasteiger partial charge >= 0.3 is 6.09 Å². The van der Waals surface area contributed by atoms with Crippen molar-refractivity contribution in [2.45, 2.75) is 69.6 Å². The maximum Gasteiger partial charge on any atom is 0.407 e. The van der Waals surface area contributed by atoms with Crippen LogP contribution in [0.2, 0.25) is 0 Å². The average molecular weight is 469 g/mol. The summed E-state index contributed by atoms with van der Waals surface area (Å²) < 4.78 is 20.4. The molecule has 2 saturated carbocycles.